The largest absolute Gasteiger partial charge is 0.497 e. The molecule has 4 heteroatoms. The molecule has 17 heavy (non-hydrogen) atoms. The van der Waals surface area contributed by atoms with Crippen LogP contribution in [-0.4, -0.2) is 32.5 Å². The van der Waals surface area contributed by atoms with Gasteiger partial charge < -0.3 is 19.3 Å². The van der Waals surface area contributed by atoms with E-state index in [1.54, 1.807) is 27.2 Å². The quantitative estimate of drug-likeness (QED) is 0.742. The van der Waals surface area contributed by atoms with Crippen molar-refractivity contribution < 1.29 is 19.3 Å². The average molecular weight is 240 g/mol. The summed E-state index contributed by atoms with van der Waals surface area (Å²) in [5, 5.41) is 9.63. The van der Waals surface area contributed by atoms with Gasteiger partial charge in [-0.1, -0.05) is 0 Å². The van der Waals surface area contributed by atoms with Crippen LogP contribution in [0.5, 0.6) is 11.5 Å². The number of aliphatic hydroxyl groups is 1. The van der Waals surface area contributed by atoms with E-state index in [9.17, 15) is 5.11 Å². The van der Waals surface area contributed by atoms with E-state index in [4.69, 9.17) is 14.2 Å². The molecule has 0 saturated heterocycles. The summed E-state index contributed by atoms with van der Waals surface area (Å²) >= 11 is 0. The Morgan fingerprint density at radius 3 is 2.59 bits per heavy atom. The maximum atomic E-state index is 9.63. The molecule has 1 aromatic carbocycles. The molecule has 4 nitrogen and oxygen atoms in total. The second-order valence-corrected chi connectivity index (χ2v) is 3.77. The molecular weight excluding hydrogens is 220 g/mol. The number of methoxy groups -OCH3 is 2. The molecule has 1 rings (SSSR count). The zero-order chi connectivity index (χ0) is 12.7. The van der Waals surface area contributed by atoms with Crippen LogP contribution in [0.15, 0.2) is 18.2 Å². The van der Waals surface area contributed by atoms with Crippen molar-refractivity contribution in [1.82, 2.24) is 0 Å². The van der Waals surface area contributed by atoms with Crippen LogP contribution >= 0.6 is 0 Å². The summed E-state index contributed by atoms with van der Waals surface area (Å²) in [5.41, 5.74) is 0.767. The average Bonchev–Trinajstić information content (AvgIpc) is 2.34. The Hall–Kier alpha value is -1.26. The number of hydrogen-bond acceptors (Lipinski definition) is 4. The number of benzene rings is 1. The molecule has 96 valence electrons. The fraction of sp³-hybridized carbons (Fsp3) is 0.538. The predicted molar refractivity (Wildman–Crippen MR) is 65.6 cm³/mol. The van der Waals surface area contributed by atoms with Gasteiger partial charge in [0.2, 0.25) is 0 Å². The first-order valence-electron chi connectivity index (χ1n) is 5.66. The third-order valence-electron chi connectivity index (χ3n) is 2.42. The Morgan fingerprint density at radius 2 is 2.00 bits per heavy atom. The molecule has 0 saturated carbocycles. The summed E-state index contributed by atoms with van der Waals surface area (Å²) in [6.45, 7) is 2.93. The first-order chi connectivity index (χ1) is 8.19. The van der Waals surface area contributed by atoms with E-state index in [0.717, 1.165) is 17.7 Å². The third-order valence-corrected chi connectivity index (χ3v) is 2.42. The van der Waals surface area contributed by atoms with E-state index in [1.807, 2.05) is 12.1 Å². The van der Waals surface area contributed by atoms with Crippen LogP contribution in [0.4, 0.5) is 0 Å². The Balaban J connectivity index is 2.71. The van der Waals surface area contributed by atoms with Gasteiger partial charge in [0.1, 0.15) is 11.5 Å². The van der Waals surface area contributed by atoms with Crippen molar-refractivity contribution in [2.24, 2.45) is 0 Å². The van der Waals surface area contributed by atoms with Gasteiger partial charge in [0, 0.05) is 31.8 Å². The van der Waals surface area contributed by atoms with E-state index in [0.29, 0.717) is 19.0 Å². The maximum absolute atomic E-state index is 9.63. The zero-order valence-corrected chi connectivity index (χ0v) is 10.6. The van der Waals surface area contributed by atoms with Crippen LogP contribution in [0, 0.1) is 0 Å². The number of hydrogen-bond donors (Lipinski definition) is 1. The first-order valence-corrected chi connectivity index (χ1v) is 5.66. The molecule has 0 fully saturated rings. The topological polar surface area (TPSA) is 47.9 Å². The minimum Gasteiger partial charge on any atom is -0.497 e. The highest BCUT2D eigenvalue weighted by Gasteiger charge is 2.10. The SMILES string of the molecule is COCCCOc1cc(OC)ccc1C(C)O. The van der Waals surface area contributed by atoms with Crippen LogP contribution in [0.25, 0.3) is 0 Å². The van der Waals surface area contributed by atoms with Crippen LogP contribution in [0.2, 0.25) is 0 Å². The molecule has 0 heterocycles. The van der Waals surface area contributed by atoms with E-state index in [-0.39, 0.29) is 0 Å². The summed E-state index contributed by atoms with van der Waals surface area (Å²) in [5.74, 6) is 1.38. The molecule has 0 amide bonds. The molecule has 0 radical (unpaired) electrons. The summed E-state index contributed by atoms with van der Waals surface area (Å²) < 4.78 is 15.7. The standard InChI is InChI=1S/C13H20O4/c1-10(14)12-6-5-11(16-3)9-13(12)17-8-4-7-15-2/h5-6,9-10,14H,4,7-8H2,1-3H3. The van der Waals surface area contributed by atoms with E-state index in [2.05, 4.69) is 0 Å². The number of rotatable bonds is 7. The fourth-order valence-electron chi connectivity index (χ4n) is 1.50. The Bertz CT molecular complexity index is 336. The van der Waals surface area contributed by atoms with Gasteiger partial charge >= 0.3 is 0 Å². The van der Waals surface area contributed by atoms with Crippen LogP contribution in [-0.2, 0) is 4.74 Å². The van der Waals surface area contributed by atoms with Gasteiger partial charge in [-0.25, -0.2) is 0 Å². The molecule has 1 atom stereocenters. The van der Waals surface area contributed by atoms with Gasteiger partial charge in [-0.15, -0.1) is 0 Å². The van der Waals surface area contributed by atoms with Crippen LogP contribution in [0.1, 0.15) is 25.0 Å². The Kier molecular flexibility index (Phi) is 5.80. The van der Waals surface area contributed by atoms with E-state index < -0.39 is 6.10 Å². The molecule has 1 N–H and O–H groups in total. The van der Waals surface area contributed by atoms with Gasteiger partial charge in [-0.05, 0) is 19.1 Å². The van der Waals surface area contributed by atoms with E-state index in [1.165, 1.54) is 0 Å². The smallest absolute Gasteiger partial charge is 0.128 e. The zero-order valence-electron chi connectivity index (χ0n) is 10.6. The van der Waals surface area contributed by atoms with E-state index >= 15 is 0 Å². The van der Waals surface area contributed by atoms with Crippen molar-refractivity contribution in [3.05, 3.63) is 23.8 Å². The number of aliphatic hydroxyl groups excluding tert-OH is 1. The van der Waals surface area contributed by atoms with Crippen molar-refractivity contribution in [2.75, 3.05) is 27.4 Å². The second-order valence-electron chi connectivity index (χ2n) is 3.77. The first kappa shape index (κ1) is 13.8. The van der Waals surface area contributed by atoms with Crippen molar-refractivity contribution in [2.45, 2.75) is 19.4 Å². The highest BCUT2D eigenvalue weighted by Crippen LogP contribution is 2.29. The molecule has 1 aromatic rings. The molecular formula is C13H20O4. The molecule has 0 spiro atoms. The molecule has 0 aliphatic rings. The molecule has 0 aliphatic heterocycles. The minimum absolute atomic E-state index is 0.556. The van der Waals surface area contributed by atoms with Gasteiger partial charge in [0.25, 0.3) is 0 Å². The Morgan fingerprint density at radius 1 is 1.24 bits per heavy atom. The molecule has 0 aromatic heterocycles. The summed E-state index contributed by atoms with van der Waals surface area (Å²) in [4.78, 5) is 0. The van der Waals surface area contributed by atoms with Crippen molar-refractivity contribution in [3.63, 3.8) is 0 Å². The van der Waals surface area contributed by atoms with Crippen molar-refractivity contribution >= 4 is 0 Å². The highest BCUT2D eigenvalue weighted by molar-refractivity contribution is 5.41. The lowest BCUT2D eigenvalue weighted by atomic mass is 10.1. The molecule has 1 unspecified atom stereocenters. The van der Waals surface area contributed by atoms with Gasteiger partial charge in [0.15, 0.2) is 0 Å². The lowest BCUT2D eigenvalue weighted by Gasteiger charge is -2.14. The summed E-state index contributed by atoms with van der Waals surface area (Å²) in [6.07, 6.45) is 0.255. The highest BCUT2D eigenvalue weighted by atomic mass is 16.5. The van der Waals surface area contributed by atoms with Gasteiger partial charge in [-0.3, -0.25) is 0 Å². The maximum Gasteiger partial charge on any atom is 0.128 e. The summed E-state index contributed by atoms with van der Waals surface area (Å²) in [6, 6.07) is 5.41. The second kappa shape index (κ2) is 7.14. The van der Waals surface area contributed by atoms with Crippen LogP contribution < -0.4 is 9.47 Å². The lowest BCUT2D eigenvalue weighted by molar-refractivity contribution is 0.166. The van der Waals surface area contributed by atoms with Crippen molar-refractivity contribution in [3.8, 4) is 11.5 Å². The minimum atomic E-state index is -0.557. The molecule has 0 bridgehead atoms. The van der Waals surface area contributed by atoms with Gasteiger partial charge in [-0.2, -0.15) is 0 Å². The fourth-order valence-corrected chi connectivity index (χ4v) is 1.50. The Labute approximate surface area is 102 Å². The molecule has 0 aliphatic carbocycles. The van der Waals surface area contributed by atoms with Crippen molar-refractivity contribution in [1.29, 1.82) is 0 Å². The summed E-state index contributed by atoms with van der Waals surface area (Å²) in [7, 11) is 3.26. The normalized spacial score (nSPS) is 12.2. The predicted octanol–water partition coefficient (Wildman–Crippen LogP) is 2.16. The number of ether oxygens (including phenoxy) is 3. The monoisotopic (exact) mass is 240 g/mol. The van der Waals surface area contributed by atoms with Gasteiger partial charge in [0.05, 0.1) is 19.8 Å². The third kappa shape index (κ3) is 4.24. The lowest BCUT2D eigenvalue weighted by Crippen LogP contribution is -2.05. The van der Waals surface area contributed by atoms with Crippen LogP contribution in [0.3, 0.4) is 0 Å².